The van der Waals surface area contributed by atoms with Gasteiger partial charge in [0.15, 0.2) is 0 Å². The van der Waals surface area contributed by atoms with Crippen LogP contribution in [0.1, 0.15) is 35.3 Å². The van der Waals surface area contributed by atoms with Crippen molar-refractivity contribution in [1.82, 2.24) is 0 Å². The molecule has 0 radical (unpaired) electrons. The van der Waals surface area contributed by atoms with Gasteiger partial charge in [0.2, 0.25) is 0 Å². The van der Waals surface area contributed by atoms with Crippen molar-refractivity contribution in [1.29, 1.82) is 0 Å². The zero-order valence-electron chi connectivity index (χ0n) is 11.7. The minimum atomic E-state index is -0.455. The topological polar surface area (TPSA) is 29.5 Å². The molecule has 1 aliphatic heterocycles. The summed E-state index contributed by atoms with van der Waals surface area (Å²) in [6, 6.07) is 14.3. The molecule has 0 aliphatic carbocycles. The molecule has 0 saturated carbocycles. The lowest BCUT2D eigenvalue weighted by molar-refractivity contribution is 0.0656. The third kappa shape index (κ3) is 2.56. The fourth-order valence-electron chi connectivity index (χ4n) is 2.59. The Labute approximate surface area is 123 Å². The summed E-state index contributed by atoms with van der Waals surface area (Å²) in [7, 11) is 0. The van der Waals surface area contributed by atoms with E-state index in [-0.39, 0.29) is 6.10 Å². The molecule has 3 rings (SSSR count). The number of fused-ring (bicyclic) bond motifs is 1. The van der Waals surface area contributed by atoms with Crippen LogP contribution in [0.4, 0.5) is 0 Å². The second-order valence-corrected chi connectivity index (χ2v) is 6.05. The highest BCUT2D eigenvalue weighted by Gasteiger charge is 2.27. The van der Waals surface area contributed by atoms with Crippen LogP contribution < -0.4 is 4.74 Å². The second kappa shape index (κ2) is 5.51. The van der Waals surface area contributed by atoms with Gasteiger partial charge >= 0.3 is 0 Å². The van der Waals surface area contributed by atoms with Crippen LogP contribution in [0.2, 0.25) is 0 Å². The van der Waals surface area contributed by atoms with Gasteiger partial charge in [0.05, 0.1) is 6.10 Å². The van der Waals surface area contributed by atoms with Crippen LogP contribution in [-0.2, 0) is 0 Å². The molecule has 2 aromatic rings. The molecular weight excluding hydrogens is 268 g/mol. The SMILES string of the molecule is CSc1ccc(C2CC(O)c3cc(C)ccc3O2)cc1. The van der Waals surface area contributed by atoms with Gasteiger partial charge in [0, 0.05) is 16.9 Å². The fourth-order valence-corrected chi connectivity index (χ4v) is 3.00. The van der Waals surface area contributed by atoms with E-state index >= 15 is 0 Å². The highest BCUT2D eigenvalue weighted by atomic mass is 32.2. The number of benzene rings is 2. The van der Waals surface area contributed by atoms with Crippen molar-refractivity contribution in [3.63, 3.8) is 0 Å². The Balaban J connectivity index is 1.88. The molecule has 1 aliphatic rings. The van der Waals surface area contributed by atoms with Gasteiger partial charge in [-0.2, -0.15) is 0 Å². The highest BCUT2D eigenvalue weighted by Crippen LogP contribution is 2.41. The number of hydrogen-bond acceptors (Lipinski definition) is 3. The smallest absolute Gasteiger partial charge is 0.127 e. The van der Waals surface area contributed by atoms with Crippen LogP contribution in [0, 0.1) is 6.92 Å². The van der Waals surface area contributed by atoms with Crippen molar-refractivity contribution < 1.29 is 9.84 Å². The third-order valence-corrected chi connectivity index (χ3v) is 4.46. The fraction of sp³-hybridized carbons (Fsp3) is 0.294. The lowest BCUT2D eigenvalue weighted by Crippen LogP contribution is -2.19. The maximum Gasteiger partial charge on any atom is 0.127 e. The van der Waals surface area contributed by atoms with Crippen LogP contribution in [0.3, 0.4) is 0 Å². The van der Waals surface area contributed by atoms with Crippen LogP contribution in [0.5, 0.6) is 5.75 Å². The molecule has 1 heterocycles. The maximum absolute atomic E-state index is 10.3. The molecule has 104 valence electrons. The summed E-state index contributed by atoms with van der Waals surface area (Å²) in [5, 5.41) is 10.3. The quantitative estimate of drug-likeness (QED) is 0.836. The van der Waals surface area contributed by atoms with Gasteiger partial charge in [-0.15, -0.1) is 11.8 Å². The summed E-state index contributed by atoms with van der Waals surface area (Å²) in [6.45, 7) is 2.03. The average Bonchev–Trinajstić information content (AvgIpc) is 2.48. The van der Waals surface area contributed by atoms with E-state index in [1.165, 1.54) is 4.90 Å². The van der Waals surface area contributed by atoms with Crippen molar-refractivity contribution in [3.8, 4) is 5.75 Å². The normalized spacial score (nSPS) is 21.1. The molecule has 0 saturated heterocycles. The standard InChI is InChI=1S/C17H18O2S/c1-11-3-8-16-14(9-11)15(18)10-17(19-16)12-4-6-13(20-2)7-5-12/h3-9,15,17-18H,10H2,1-2H3. The first kappa shape index (κ1) is 13.5. The monoisotopic (exact) mass is 286 g/mol. The molecule has 1 N–H and O–H groups in total. The van der Waals surface area contributed by atoms with E-state index in [0.717, 1.165) is 22.4 Å². The predicted molar refractivity (Wildman–Crippen MR) is 82.3 cm³/mol. The van der Waals surface area contributed by atoms with Gasteiger partial charge in [0.25, 0.3) is 0 Å². The Morgan fingerprint density at radius 1 is 1.15 bits per heavy atom. The minimum Gasteiger partial charge on any atom is -0.485 e. The van der Waals surface area contributed by atoms with E-state index in [4.69, 9.17) is 4.74 Å². The van der Waals surface area contributed by atoms with Gasteiger partial charge in [-0.05, 0) is 43.0 Å². The van der Waals surface area contributed by atoms with Crippen LogP contribution in [0.15, 0.2) is 47.4 Å². The number of hydrogen-bond donors (Lipinski definition) is 1. The molecule has 0 fully saturated rings. The highest BCUT2D eigenvalue weighted by molar-refractivity contribution is 7.98. The van der Waals surface area contributed by atoms with Crippen molar-refractivity contribution in [2.75, 3.05) is 6.26 Å². The number of aryl methyl sites for hydroxylation is 1. The molecule has 2 aromatic carbocycles. The van der Waals surface area contributed by atoms with Crippen LogP contribution >= 0.6 is 11.8 Å². The summed E-state index contributed by atoms with van der Waals surface area (Å²) in [6.07, 6.45) is 2.14. The molecule has 2 unspecified atom stereocenters. The van der Waals surface area contributed by atoms with Crippen molar-refractivity contribution in [2.24, 2.45) is 0 Å². The first-order valence-electron chi connectivity index (χ1n) is 6.76. The van der Waals surface area contributed by atoms with E-state index in [1.807, 2.05) is 25.1 Å². The summed E-state index contributed by atoms with van der Waals surface area (Å²) in [4.78, 5) is 1.24. The predicted octanol–water partition coefficient (Wildman–Crippen LogP) is 4.27. The Morgan fingerprint density at radius 2 is 1.90 bits per heavy atom. The van der Waals surface area contributed by atoms with E-state index in [0.29, 0.717) is 6.42 Å². The zero-order chi connectivity index (χ0) is 14.1. The van der Waals surface area contributed by atoms with Gasteiger partial charge < -0.3 is 9.84 Å². The van der Waals surface area contributed by atoms with Gasteiger partial charge in [-0.1, -0.05) is 23.8 Å². The van der Waals surface area contributed by atoms with Crippen LogP contribution in [0.25, 0.3) is 0 Å². The average molecular weight is 286 g/mol. The van der Waals surface area contributed by atoms with E-state index in [2.05, 4.69) is 30.5 Å². The number of aliphatic hydroxyl groups is 1. The number of rotatable bonds is 2. The molecule has 0 amide bonds. The molecule has 0 spiro atoms. The lowest BCUT2D eigenvalue weighted by atomic mass is 9.94. The molecule has 0 bridgehead atoms. The van der Waals surface area contributed by atoms with Gasteiger partial charge in [0.1, 0.15) is 11.9 Å². The largest absolute Gasteiger partial charge is 0.485 e. The van der Waals surface area contributed by atoms with Gasteiger partial charge in [-0.3, -0.25) is 0 Å². The van der Waals surface area contributed by atoms with E-state index in [9.17, 15) is 5.11 Å². The lowest BCUT2D eigenvalue weighted by Gasteiger charge is -2.30. The first-order chi connectivity index (χ1) is 9.67. The zero-order valence-corrected chi connectivity index (χ0v) is 12.5. The molecule has 2 nitrogen and oxygen atoms in total. The molecule has 20 heavy (non-hydrogen) atoms. The summed E-state index contributed by atoms with van der Waals surface area (Å²) < 4.78 is 6.05. The Morgan fingerprint density at radius 3 is 2.60 bits per heavy atom. The molecular formula is C17H18O2S. The maximum atomic E-state index is 10.3. The van der Waals surface area contributed by atoms with Gasteiger partial charge in [-0.25, -0.2) is 0 Å². The van der Waals surface area contributed by atoms with Crippen molar-refractivity contribution in [3.05, 3.63) is 59.2 Å². The van der Waals surface area contributed by atoms with Crippen molar-refractivity contribution >= 4 is 11.8 Å². The summed E-state index contributed by atoms with van der Waals surface area (Å²) in [5.41, 5.74) is 3.17. The molecule has 2 atom stereocenters. The Bertz CT molecular complexity index is 607. The van der Waals surface area contributed by atoms with Crippen LogP contribution in [-0.4, -0.2) is 11.4 Å². The Kier molecular flexibility index (Phi) is 3.72. The Hall–Kier alpha value is -1.45. The van der Waals surface area contributed by atoms with E-state index in [1.54, 1.807) is 11.8 Å². The van der Waals surface area contributed by atoms with Crippen molar-refractivity contribution in [2.45, 2.75) is 30.4 Å². The van der Waals surface area contributed by atoms with E-state index < -0.39 is 6.10 Å². The number of ether oxygens (including phenoxy) is 1. The first-order valence-corrected chi connectivity index (χ1v) is 7.99. The summed E-state index contributed by atoms with van der Waals surface area (Å²) >= 11 is 1.72. The number of aliphatic hydroxyl groups excluding tert-OH is 1. The number of thioether (sulfide) groups is 1. The molecule has 3 heteroatoms. The molecule has 0 aromatic heterocycles. The third-order valence-electron chi connectivity index (χ3n) is 3.72. The summed E-state index contributed by atoms with van der Waals surface area (Å²) in [5.74, 6) is 0.799. The minimum absolute atomic E-state index is 0.0730. The second-order valence-electron chi connectivity index (χ2n) is 5.17.